The minimum absolute atomic E-state index is 0.117. The predicted octanol–water partition coefficient (Wildman–Crippen LogP) is 4.68. The van der Waals surface area contributed by atoms with E-state index in [0.717, 1.165) is 6.07 Å². The molecule has 12 heteroatoms. The Bertz CT molecular complexity index is 1360. The van der Waals surface area contributed by atoms with Crippen molar-refractivity contribution in [2.24, 2.45) is 0 Å². The van der Waals surface area contributed by atoms with E-state index in [1.165, 1.54) is 61.7 Å². The van der Waals surface area contributed by atoms with Gasteiger partial charge in [0.15, 0.2) is 0 Å². The lowest BCUT2D eigenvalue weighted by Crippen LogP contribution is -2.31. The number of nitrogens with one attached hydrogen (secondary N) is 2. The van der Waals surface area contributed by atoms with E-state index in [-0.39, 0.29) is 33.9 Å². The molecule has 0 aromatic heterocycles. The molecule has 0 saturated heterocycles. The van der Waals surface area contributed by atoms with Crippen LogP contribution in [0.15, 0.2) is 76.9 Å². The van der Waals surface area contributed by atoms with Gasteiger partial charge in [0.1, 0.15) is 11.4 Å². The lowest BCUT2D eigenvalue weighted by molar-refractivity contribution is -0.385. The molecule has 0 heterocycles. The summed E-state index contributed by atoms with van der Waals surface area (Å²) in [5.74, 6) is -1.06. The number of nitro groups is 2. The first-order valence-electron chi connectivity index (χ1n) is 9.85. The minimum Gasteiger partial charge on any atom is -0.497 e. The van der Waals surface area contributed by atoms with Gasteiger partial charge < -0.3 is 15.4 Å². The average molecular weight is 541 g/mol. The Morgan fingerprint density at radius 1 is 0.943 bits per heavy atom. The van der Waals surface area contributed by atoms with Crippen molar-refractivity contribution in [2.45, 2.75) is 0 Å². The molecule has 2 amide bonds. The number of non-ortho nitro benzene ring substituents is 2. The third-order valence-corrected chi connectivity index (χ3v) is 5.31. The Morgan fingerprint density at radius 2 is 1.60 bits per heavy atom. The lowest BCUT2D eigenvalue weighted by atomic mass is 10.1. The zero-order valence-corrected chi connectivity index (χ0v) is 19.6. The molecule has 0 bridgehead atoms. The lowest BCUT2D eigenvalue weighted by Gasteiger charge is -2.13. The van der Waals surface area contributed by atoms with Crippen molar-refractivity contribution in [3.05, 3.63) is 108 Å². The number of benzene rings is 3. The van der Waals surface area contributed by atoms with Crippen LogP contribution < -0.4 is 15.4 Å². The molecule has 3 rings (SSSR count). The maximum Gasteiger partial charge on any atom is 0.272 e. The van der Waals surface area contributed by atoms with Gasteiger partial charge in [0, 0.05) is 34.4 Å². The number of nitro benzene ring substituents is 2. The topological polar surface area (TPSA) is 154 Å². The molecular weight excluding hydrogens is 524 g/mol. The zero-order chi connectivity index (χ0) is 25.5. The highest BCUT2D eigenvalue weighted by atomic mass is 79.9. The average Bonchev–Trinajstić information content (AvgIpc) is 2.84. The molecule has 0 aliphatic carbocycles. The van der Waals surface area contributed by atoms with Crippen molar-refractivity contribution in [1.82, 2.24) is 5.32 Å². The summed E-state index contributed by atoms with van der Waals surface area (Å²) >= 11 is 3.28. The molecule has 0 unspecified atom stereocenters. The van der Waals surface area contributed by atoms with E-state index in [1.54, 1.807) is 12.1 Å². The number of methoxy groups -OCH3 is 1. The number of rotatable bonds is 8. The normalized spacial score (nSPS) is 10.9. The van der Waals surface area contributed by atoms with E-state index in [1.807, 2.05) is 0 Å². The van der Waals surface area contributed by atoms with Crippen molar-refractivity contribution < 1.29 is 24.2 Å². The van der Waals surface area contributed by atoms with Gasteiger partial charge in [-0.2, -0.15) is 0 Å². The van der Waals surface area contributed by atoms with E-state index < -0.39 is 21.7 Å². The number of anilines is 1. The third-order valence-electron chi connectivity index (χ3n) is 4.62. The molecular formula is C23H17BrN4O7. The first-order chi connectivity index (χ1) is 16.7. The number of carbonyl (C=O) groups is 2. The van der Waals surface area contributed by atoms with Crippen LogP contribution in [0.3, 0.4) is 0 Å². The van der Waals surface area contributed by atoms with Gasteiger partial charge in [-0.15, -0.1) is 0 Å². The van der Waals surface area contributed by atoms with Gasteiger partial charge in [-0.3, -0.25) is 29.8 Å². The number of carbonyl (C=O) groups excluding carboxylic acids is 2. The van der Waals surface area contributed by atoms with Crippen molar-refractivity contribution in [2.75, 3.05) is 12.4 Å². The van der Waals surface area contributed by atoms with E-state index in [9.17, 15) is 29.8 Å². The highest BCUT2D eigenvalue weighted by Crippen LogP contribution is 2.24. The van der Waals surface area contributed by atoms with Gasteiger partial charge in [-0.25, -0.2) is 0 Å². The van der Waals surface area contributed by atoms with Crippen LogP contribution in [-0.2, 0) is 4.79 Å². The van der Waals surface area contributed by atoms with Gasteiger partial charge >= 0.3 is 0 Å². The molecule has 0 saturated carbocycles. The SMILES string of the molecule is COc1ccc(Br)c(C(=O)NC(=Cc2cccc([N+](=O)[O-])c2)C(=O)Nc2cccc([N+](=O)[O-])c2)c1. The highest BCUT2D eigenvalue weighted by molar-refractivity contribution is 9.10. The zero-order valence-electron chi connectivity index (χ0n) is 18.1. The second kappa shape index (κ2) is 11.0. The molecule has 178 valence electrons. The van der Waals surface area contributed by atoms with Gasteiger partial charge in [0.25, 0.3) is 23.2 Å². The van der Waals surface area contributed by atoms with Crippen LogP contribution in [0.5, 0.6) is 5.75 Å². The van der Waals surface area contributed by atoms with Crippen molar-refractivity contribution >= 4 is 50.9 Å². The molecule has 0 fully saturated rings. The summed E-state index contributed by atoms with van der Waals surface area (Å²) < 4.78 is 5.57. The van der Waals surface area contributed by atoms with Crippen molar-refractivity contribution in [1.29, 1.82) is 0 Å². The van der Waals surface area contributed by atoms with E-state index >= 15 is 0 Å². The Balaban J connectivity index is 1.98. The first kappa shape index (κ1) is 25.1. The standard InChI is InChI=1S/C23H17BrN4O7/c1-35-18-8-9-20(24)19(13-18)22(29)26-21(11-14-4-2-6-16(10-14)27(31)32)23(30)25-15-5-3-7-17(12-15)28(33)34/h2-13H,1H3,(H,25,30)(H,26,29). The molecule has 2 N–H and O–H groups in total. The van der Waals surface area contributed by atoms with E-state index in [0.29, 0.717) is 10.2 Å². The van der Waals surface area contributed by atoms with Gasteiger partial charge in [0.2, 0.25) is 0 Å². The fraction of sp³-hybridized carbons (Fsp3) is 0.0435. The molecule has 3 aromatic carbocycles. The monoisotopic (exact) mass is 540 g/mol. The summed E-state index contributed by atoms with van der Waals surface area (Å²) in [6, 6.07) is 15.4. The quantitative estimate of drug-likeness (QED) is 0.238. The first-order valence-corrected chi connectivity index (χ1v) is 10.6. The van der Waals surface area contributed by atoms with Crippen LogP contribution in [0.1, 0.15) is 15.9 Å². The predicted molar refractivity (Wildman–Crippen MR) is 131 cm³/mol. The summed E-state index contributed by atoms with van der Waals surface area (Å²) in [5, 5.41) is 27.2. The van der Waals surface area contributed by atoms with Crippen LogP contribution >= 0.6 is 15.9 Å². The van der Waals surface area contributed by atoms with Crippen LogP contribution in [0.4, 0.5) is 17.1 Å². The van der Waals surface area contributed by atoms with Crippen LogP contribution in [0.25, 0.3) is 6.08 Å². The van der Waals surface area contributed by atoms with Crippen molar-refractivity contribution in [3.63, 3.8) is 0 Å². The van der Waals surface area contributed by atoms with Gasteiger partial charge in [-0.05, 0) is 51.8 Å². The summed E-state index contributed by atoms with van der Waals surface area (Å²) in [5.41, 5.74) is -0.149. The number of hydrogen-bond donors (Lipinski definition) is 2. The largest absolute Gasteiger partial charge is 0.497 e. The van der Waals surface area contributed by atoms with Crippen LogP contribution in [0.2, 0.25) is 0 Å². The second-order valence-electron chi connectivity index (χ2n) is 6.97. The smallest absolute Gasteiger partial charge is 0.272 e. The fourth-order valence-corrected chi connectivity index (χ4v) is 3.37. The summed E-state index contributed by atoms with van der Waals surface area (Å²) in [4.78, 5) is 47.0. The molecule has 0 atom stereocenters. The molecule has 0 aliphatic heterocycles. The minimum atomic E-state index is -0.802. The maximum absolute atomic E-state index is 13.1. The van der Waals surface area contributed by atoms with Crippen LogP contribution in [-0.4, -0.2) is 28.8 Å². The Kier molecular flexibility index (Phi) is 7.89. The number of halogens is 1. The molecule has 0 aliphatic rings. The number of ether oxygens (including phenoxy) is 1. The molecule has 35 heavy (non-hydrogen) atoms. The van der Waals surface area contributed by atoms with E-state index in [2.05, 4.69) is 26.6 Å². The van der Waals surface area contributed by atoms with Gasteiger partial charge in [-0.1, -0.05) is 18.2 Å². The summed E-state index contributed by atoms with van der Waals surface area (Å²) in [6.07, 6.45) is 1.26. The molecule has 11 nitrogen and oxygen atoms in total. The Hall–Kier alpha value is -4.58. The summed E-state index contributed by atoms with van der Waals surface area (Å²) in [7, 11) is 1.44. The Labute approximate surface area is 206 Å². The number of hydrogen-bond acceptors (Lipinski definition) is 7. The highest BCUT2D eigenvalue weighted by Gasteiger charge is 2.19. The molecule has 3 aromatic rings. The molecule has 0 spiro atoms. The molecule has 0 radical (unpaired) electrons. The van der Waals surface area contributed by atoms with Crippen molar-refractivity contribution in [3.8, 4) is 5.75 Å². The number of nitrogens with zero attached hydrogens (tertiary/aromatic N) is 2. The Morgan fingerprint density at radius 3 is 2.26 bits per heavy atom. The maximum atomic E-state index is 13.1. The van der Waals surface area contributed by atoms with Gasteiger partial charge in [0.05, 0.1) is 22.5 Å². The van der Waals surface area contributed by atoms with E-state index in [4.69, 9.17) is 4.74 Å². The summed E-state index contributed by atoms with van der Waals surface area (Å²) in [6.45, 7) is 0. The van der Waals surface area contributed by atoms with Crippen LogP contribution in [0, 0.1) is 20.2 Å². The number of amides is 2. The second-order valence-corrected chi connectivity index (χ2v) is 7.83. The fourth-order valence-electron chi connectivity index (χ4n) is 2.94. The third kappa shape index (κ3) is 6.48.